The molecule has 1 aromatic carbocycles. The van der Waals surface area contributed by atoms with Crippen LogP contribution in [-0.4, -0.2) is 20.4 Å². The number of benzene rings is 1. The highest BCUT2D eigenvalue weighted by atomic mass is 32.1. The van der Waals surface area contributed by atoms with Crippen LogP contribution in [0.5, 0.6) is 0 Å². The third-order valence-electron chi connectivity index (χ3n) is 4.68. The molecule has 130 valence electrons. The lowest BCUT2D eigenvalue weighted by atomic mass is 9.93. The summed E-state index contributed by atoms with van der Waals surface area (Å²) in [5.41, 5.74) is 8.29. The standard InChI is InChI=1S/C18H21N5OS/c1-10(19)17-21-15(11(2)25-17)16(24)22-18-20-13-8-3-4-9-14(13)23(18)12-6-5-7-12/h3-4,8-10,12H,5-7,19H2,1-2H3,(H,20,22,24). The molecule has 2 aromatic heterocycles. The lowest BCUT2D eigenvalue weighted by Crippen LogP contribution is -2.22. The van der Waals surface area contributed by atoms with E-state index in [4.69, 9.17) is 5.73 Å². The van der Waals surface area contributed by atoms with Crippen LogP contribution in [0.15, 0.2) is 24.3 Å². The van der Waals surface area contributed by atoms with Crippen molar-refractivity contribution in [1.82, 2.24) is 14.5 Å². The van der Waals surface area contributed by atoms with Crippen LogP contribution >= 0.6 is 11.3 Å². The average Bonchev–Trinajstić information content (AvgIpc) is 3.08. The molecule has 0 spiro atoms. The van der Waals surface area contributed by atoms with Gasteiger partial charge < -0.3 is 10.3 Å². The van der Waals surface area contributed by atoms with E-state index in [2.05, 4.69) is 25.9 Å². The first kappa shape index (κ1) is 16.2. The molecule has 1 atom stereocenters. The predicted octanol–water partition coefficient (Wildman–Crippen LogP) is 3.80. The van der Waals surface area contributed by atoms with Crippen LogP contribution in [0.4, 0.5) is 5.95 Å². The van der Waals surface area contributed by atoms with E-state index in [0.29, 0.717) is 17.7 Å². The number of aromatic nitrogens is 3. The Morgan fingerprint density at radius 3 is 2.76 bits per heavy atom. The number of para-hydroxylation sites is 2. The monoisotopic (exact) mass is 355 g/mol. The van der Waals surface area contributed by atoms with Crippen molar-refractivity contribution in [2.75, 3.05) is 5.32 Å². The maximum Gasteiger partial charge on any atom is 0.277 e. The first-order valence-electron chi connectivity index (χ1n) is 8.56. The molecule has 1 aliphatic rings. The largest absolute Gasteiger partial charge is 0.322 e. The Balaban J connectivity index is 1.69. The molecule has 1 fully saturated rings. The van der Waals surface area contributed by atoms with Crippen LogP contribution in [0.2, 0.25) is 0 Å². The van der Waals surface area contributed by atoms with Gasteiger partial charge in [-0.15, -0.1) is 11.3 Å². The number of anilines is 1. The molecule has 0 saturated heterocycles. The number of rotatable bonds is 4. The van der Waals surface area contributed by atoms with Gasteiger partial charge in [-0.25, -0.2) is 9.97 Å². The normalized spacial score (nSPS) is 16.0. The van der Waals surface area contributed by atoms with Crippen LogP contribution < -0.4 is 11.1 Å². The Hall–Kier alpha value is -2.25. The van der Waals surface area contributed by atoms with Crippen LogP contribution in [0.1, 0.15) is 58.6 Å². The molecule has 3 N–H and O–H groups in total. The molecule has 1 saturated carbocycles. The van der Waals surface area contributed by atoms with Crippen molar-refractivity contribution in [3.8, 4) is 0 Å². The highest BCUT2D eigenvalue weighted by molar-refractivity contribution is 7.12. The van der Waals surface area contributed by atoms with Gasteiger partial charge >= 0.3 is 0 Å². The van der Waals surface area contributed by atoms with E-state index in [1.165, 1.54) is 17.8 Å². The molecule has 6 nitrogen and oxygen atoms in total. The second kappa shape index (κ2) is 6.24. The Labute approximate surface area is 150 Å². The van der Waals surface area contributed by atoms with Crippen LogP contribution in [0.3, 0.4) is 0 Å². The first-order chi connectivity index (χ1) is 12.0. The smallest absolute Gasteiger partial charge is 0.277 e. The van der Waals surface area contributed by atoms with E-state index in [1.807, 2.05) is 32.0 Å². The van der Waals surface area contributed by atoms with Gasteiger partial charge in [0.1, 0.15) is 10.7 Å². The molecular weight excluding hydrogens is 334 g/mol. The number of thiazole rings is 1. The second-order valence-electron chi connectivity index (χ2n) is 6.58. The summed E-state index contributed by atoms with van der Waals surface area (Å²) in [5.74, 6) is 0.377. The summed E-state index contributed by atoms with van der Waals surface area (Å²) in [4.78, 5) is 22.7. The molecule has 1 aliphatic carbocycles. The molecule has 7 heteroatoms. The summed E-state index contributed by atoms with van der Waals surface area (Å²) >= 11 is 1.47. The van der Waals surface area contributed by atoms with E-state index in [0.717, 1.165) is 33.8 Å². The molecule has 0 bridgehead atoms. The maximum atomic E-state index is 12.8. The number of hydrogen-bond acceptors (Lipinski definition) is 5. The van der Waals surface area contributed by atoms with Gasteiger partial charge in [-0.3, -0.25) is 10.1 Å². The number of carbonyl (C=O) groups is 1. The fraction of sp³-hybridized carbons (Fsp3) is 0.389. The third kappa shape index (κ3) is 2.83. The molecule has 0 radical (unpaired) electrons. The Kier molecular flexibility index (Phi) is 4.05. The topological polar surface area (TPSA) is 85.8 Å². The fourth-order valence-corrected chi connectivity index (χ4v) is 4.00. The van der Waals surface area contributed by atoms with Crippen molar-refractivity contribution < 1.29 is 4.79 Å². The number of nitrogens with two attached hydrogens (primary N) is 1. The second-order valence-corrected chi connectivity index (χ2v) is 7.81. The van der Waals surface area contributed by atoms with Gasteiger partial charge in [-0.2, -0.15) is 0 Å². The molecule has 3 aromatic rings. The SMILES string of the molecule is Cc1sc(C(C)N)nc1C(=O)Nc1nc2ccccc2n1C1CCC1. The van der Waals surface area contributed by atoms with E-state index >= 15 is 0 Å². The third-order valence-corrected chi connectivity index (χ3v) is 5.85. The minimum atomic E-state index is -0.225. The summed E-state index contributed by atoms with van der Waals surface area (Å²) in [6.45, 7) is 3.77. The zero-order valence-corrected chi connectivity index (χ0v) is 15.1. The number of fused-ring (bicyclic) bond motifs is 1. The van der Waals surface area contributed by atoms with Crippen molar-refractivity contribution in [3.05, 3.63) is 39.8 Å². The predicted molar refractivity (Wildman–Crippen MR) is 100 cm³/mol. The minimum Gasteiger partial charge on any atom is -0.322 e. The Bertz CT molecular complexity index is 938. The number of nitrogens with zero attached hydrogens (tertiary/aromatic N) is 3. The van der Waals surface area contributed by atoms with Crippen LogP contribution in [0.25, 0.3) is 11.0 Å². The molecule has 1 unspecified atom stereocenters. The first-order valence-corrected chi connectivity index (χ1v) is 9.37. The average molecular weight is 355 g/mol. The van der Waals surface area contributed by atoms with E-state index < -0.39 is 0 Å². The quantitative estimate of drug-likeness (QED) is 0.745. The summed E-state index contributed by atoms with van der Waals surface area (Å²) in [7, 11) is 0. The van der Waals surface area contributed by atoms with E-state index in [9.17, 15) is 4.79 Å². The molecule has 1 amide bonds. The Morgan fingerprint density at radius 1 is 1.36 bits per heavy atom. The van der Waals surface area contributed by atoms with Crippen molar-refractivity contribution >= 4 is 34.2 Å². The summed E-state index contributed by atoms with van der Waals surface area (Å²) in [5, 5.41) is 3.75. The maximum absolute atomic E-state index is 12.8. The van der Waals surface area contributed by atoms with Crippen LogP contribution in [-0.2, 0) is 0 Å². The van der Waals surface area contributed by atoms with Gasteiger partial charge in [-0.05, 0) is 45.2 Å². The Morgan fingerprint density at radius 2 is 2.12 bits per heavy atom. The molecule has 2 heterocycles. The van der Waals surface area contributed by atoms with Crippen molar-refractivity contribution in [2.24, 2.45) is 5.73 Å². The van der Waals surface area contributed by atoms with E-state index in [1.54, 1.807) is 0 Å². The lowest BCUT2D eigenvalue weighted by Gasteiger charge is -2.29. The van der Waals surface area contributed by atoms with Crippen molar-refractivity contribution in [3.63, 3.8) is 0 Å². The molecule has 0 aliphatic heterocycles. The number of aryl methyl sites for hydroxylation is 1. The van der Waals surface area contributed by atoms with E-state index in [-0.39, 0.29) is 11.9 Å². The highest BCUT2D eigenvalue weighted by Crippen LogP contribution is 2.37. The van der Waals surface area contributed by atoms with Crippen molar-refractivity contribution in [1.29, 1.82) is 0 Å². The summed E-state index contributed by atoms with van der Waals surface area (Å²) in [6, 6.07) is 8.22. The van der Waals surface area contributed by atoms with Gasteiger partial charge in [0, 0.05) is 10.9 Å². The number of imidazole rings is 1. The number of hydrogen-bond donors (Lipinski definition) is 2. The summed E-state index contributed by atoms with van der Waals surface area (Å²) < 4.78 is 2.16. The number of amides is 1. The molecule has 25 heavy (non-hydrogen) atoms. The van der Waals surface area contributed by atoms with Crippen LogP contribution in [0, 0.1) is 6.92 Å². The molecular formula is C18H21N5OS. The zero-order valence-electron chi connectivity index (χ0n) is 14.3. The van der Waals surface area contributed by atoms with Gasteiger partial charge in [-0.1, -0.05) is 12.1 Å². The zero-order chi connectivity index (χ0) is 17.6. The van der Waals surface area contributed by atoms with Gasteiger partial charge in [0.15, 0.2) is 0 Å². The lowest BCUT2D eigenvalue weighted by molar-refractivity contribution is 0.102. The van der Waals surface area contributed by atoms with Gasteiger partial charge in [0.25, 0.3) is 5.91 Å². The molecule has 4 rings (SSSR count). The minimum absolute atomic E-state index is 0.176. The van der Waals surface area contributed by atoms with Gasteiger partial charge in [0.05, 0.1) is 17.1 Å². The number of carbonyl (C=O) groups excluding carboxylic acids is 1. The highest BCUT2D eigenvalue weighted by Gasteiger charge is 2.26. The summed E-state index contributed by atoms with van der Waals surface area (Å²) in [6.07, 6.45) is 3.45. The fourth-order valence-electron chi connectivity index (χ4n) is 3.13. The number of nitrogens with one attached hydrogen (secondary N) is 1. The van der Waals surface area contributed by atoms with Gasteiger partial charge in [0.2, 0.25) is 5.95 Å². The van der Waals surface area contributed by atoms with Crippen molar-refractivity contribution in [2.45, 2.75) is 45.2 Å².